The van der Waals surface area contributed by atoms with E-state index in [1.54, 1.807) is 0 Å². The average Bonchev–Trinajstić information content (AvgIpc) is 3.27. The molecule has 3 nitrogen and oxygen atoms in total. The number of unbranched alkanes of at least 4 members (excludes halogenated alkanes) is 1. The highest BCUT2D eigenvalue weighted by Gasteiger charge is 2.35. The van der Waals surface area contributed by atoms with Gasteiger partial charge >= 0.3 is 11.9 Å². The molecule has 1 fully saturated rings. The van der Waals surface area contributed by atoms with E-state index in [-0.39, 0.29) is 28.9 Å². The smallest absolute Gasteiger partial charge is 0.303 e. The first-order valence-electron chi connectivity index (χ1n) is 9.82. The van der Waals surface area contributed by atoms with Crippen LogP contribution in [-0.2, 0) is 15.5 Å². The molecule has 0 aliphatic heterocycles. The predicted molar refractivity (Wildman–Crippen MR) is 111 cm³/mol. The lowest BCUT2D eigenvalue weighted by Gasteiger charge is -2.15. The lowest BCUT2D eigenvalue weighted by molar-refractivity contribution is -0.137. The van der Waals surface area contributed by atoms with Crippen molar-refractivity contribution in [1.82, 2.24) is 0 Å². The summed E-state index contributed by atoms with van der Waals surface area (Å²) in [5, 5.41) is 9.43. The number of fused-ring (bicyclic) bond motifs is 1. The van der Waals surface area contributed by atoms with Gasteiger partial charge in [-0.05, 0) is 55.2 Å². The van der Waals surface area contributed by atoms with Crippen LogP contribution in [0.2, 0.25) is 0 Å². The summed E-state index contributed by atoms with van der Waals surface area (Å²) in [5.41, 5.74) is 0. The zero-order chi connectivity index (χ0) is 20.9. The van der Waals surface area contributed by atoms with Crippen LogP contribution in [0.5, 0.6) is 0 Å². The van der Waals surface area contributed by atoms with Crippen LogP contribution in [0.25, 0.3) is 10.1 Å². The molecular weight excluding hydrogens is 394 g/mol. The second kappa shape index (κ2) is 9.44. The van der Waals surface area contributed by atoms with Crippen molar-refractivity contribution in [1.29, 1.82) is 0 Å². The molecule has 2 aromatic rings. The summed E-state index contributed by atoms with van der Waals surface area (Å²) < 4.78 is 30.2. The molecule has 1 N–H and O–H groups in total. The minimum atomic E-state index is -3.06. The minimum absolute atomic E-state index is 0.00847. The number of alkyl halides is 2. The highest BCUT2D eigenvalue weighted by Crippen LogP contribution is 2.40. The third-order valence-electron chi connectivity index (χ3n) is 5.28. The zero-order valence-electron chi connectivity index (χ0n) is 16.0. The molecule has 2 atom stereocenters. The van der Waals surface area contributed by atoms with E-state index in [9.17, 15) is 18.4 Å². The van der Waals surface area contributed by atoms with Gasteiger partial charge < -0.3 is 5.11 Å². The van der Waals surface area contributed by atoms with Crippen molar-refractivity contribution in [2.75, 3.05) is 0 Å². The van der Waals surface area contributed by atoms with Gasteiger partial charge in [0.25, 0.3) is 0 Å². The van der Waals surface area contributed by atoms with Crippen molar-refractivity contribution in [2.45, 2.75) is 44.4 Å². The summed E-state index contributed by atoms with van der Waals surface area (Å²) in [7, 11) is 0. The van der Waals surface area contributed by atoms with Gasteiger partial charge in [0.2, 0.25) is 0 Å². The van der Waals surface area contributed by atoms with E-state index >= 15 is 0 Å². The number of hydrogen-bond acceptors (Lipinski definition) is 3. The minimum Gasteiger partial charge on any atom is -0.481 e. The Balaban J connectivity index is 1.62. The fourth-order valence-corrected chi connectivity index (χ4v) is 4.69. The Labute approximate surface area is 172 Å². The molecule has 6 heteroatoms. The zero-order valence-corrected chi connectivity index (χ0v) is 16.8. The summed E-state index contributed by atoms with van der Waals surface area (Å²) >= 11 is 1.09. The second-order valence-electron chi connectivity index (χ2n) is 7.40. The number of carboxylic acids is 1. The Bertz CT molecular complexity index is 896. The van der Waals surface area contributed by atoms with Crippen LogP contribution < -0.4 is 0 Å². The van der Waals surface area contributed by atoms with Gasteiger partial charge in [0.1, 0.15) is 5.78 Å². The first-order chi connectivity index (χ1) is 13.9. The topological polar surface area (TPSA) is 54.4 Å². The van der Waals surface area contributed by atoms with Crippen LogP contribution in [0.4, 0.5) is 8.78 Å². The number of halogens is 2. The molecule has 1 aliphatic carbocycles. The third kappa shape index (κ3) is 5.60. The van der Waals surface area contributed by atoms with Crippen molar-refractivity contribution in [3.63, 3.8) is 0 Å². The standard InChI is InChI=1S/C23H24F2O3S/c24-23(25,21-15-17-7-5-6-9-20(17)29-21)14-13-16-11-12-19(26)18(16)8-3-1-2-4-10-22(27)28/h1,3,5-7,9,13-16,18H,2,4,8,10-12H2,(H,27,28)/b3-1-,14-13+/t16?,18-/m1/s1. The summed E-state index contributed by atoms with van der Waals surface area (Å²) in [4.78, 5) is 22.7. The highest BCUT2D eigenvalue weighted by atomic mass is 32.1. The maximum absolute atomic E-state index is 14.7. The lowest BCUT2D eigenvalue weighted by Crippen LogP contribution is -2.14. The van der Waals surface area contributed by atoms with Crippen molar-refractivity contribution in [3.05, 3.63) is 59.5 Å². The van der Waals surface area contributed by atoms with Crippen molar-refractivity contribution < 1.29 is 23.5 Å². The van der Waals surface area contributed by atoms with E-state index < -0.39 is 11.9 Å². The van der Waals surface area contributed by atoms with E-state index in [0.717, 1.165) is 27.5 Å². The number of benzene rings is 1. The van der Waals surface area contributed by atoms with Gasteiger partial charge in [-0.25, -0.2) is 0 Å². The van der Waals surface area contributed by atoms with Gasteiger partial charge in [0, 0.05) is 23.5 Å². The lowest BCUT2D eigenvalue weighted by atomic mass is 9.91. The molecule has 1 unspecified atom stereocenters. The number of carbonyl (C=O) groups is 2. The Morgan fingerprint density at radius 1 is 1.28 bits per heavy atom. The van der Waals surface area contributed by atoms with Gasteiger partial charge in [0.05, 0.1) is 4.88 Å². The average molecular weight is 419 g/mol. The number of carboxylic acid groups (broad SMARTS) is 1. The molecule has 0 amide bonds. The molecule has 1 heterocycles. The monoisotopic (exact) mass is 418 g/mol. The molecule has 154 valence electrons. The molecular formula is C23H24F2O3S. The summed E-state index contributed by atoms with van der Waals surface area (Å²) in [6, 6.07) is 8.85. The SMILES string of the molecule is O=C(O)CCC/C=C\C[C@H]1C(=O)CCC1/C=C/C(F)(F)c1cc2ccccc2s1. The first kappa shape index (κ1) is 21.4. The quantitative estimate of drug-likeness (QED) is 0.381. The van der Waals surface area contributed by atoms with Crippen LogP contribution in [0.15, 0.2) is 54.6 Å². The van der Waals surface area contributed by atoms with Gasteiger partial charge in [-0.3, -0.25) is 9.59 Å². The predicted octanol–water partition coefficient (Wildman–Crippen LogP) is 6.35. The maximum Gasteiger partial charge on any atom is 0.303 e. The van der Waals surface area contributed by atoms with Crippen LogP contribution in [-0.4, -0.2) is 16.9 Å². The Hall–Kier alpha value is -2.34. The molecule has 0 bridgehead atoms. The van der Waals surface area contributed by atoms with Gasteiger partial charge in [-0.2, -0.15) is 8.78 Å². The molecule has 1 aliphatic rings. The number of ketones is 1. The number of thiophene rings is 1. The van der Waals surface area contributed by atoms with Crippen molar-refractivity contribution in [2.24, 2.45) is 11.8 Å². The molecule has 0 spiro atoms. The molecule has 3 rings (SSSR count). The van der Waals surface area contributed by atoms with E-state index in [2.05, 4.69) is 0 Å². The number of carbonyl (C=O) groups excluding carboxylic acids is 1. The van der Waals surface area contributed by atoms with Crippen LogP contribution in [0.1, 0.15) is 43.4 Å². The fourth-order valence-electron chi connectivity index (χ4n) is 3.68. The van der Waals surface area contributed by atoms with Crippen molar-refractivity contribution >= 4 is 33.2 Å². The fraction of sp³-hybridized carbons (Fsp3) is 0.391. The largest absolute Gasteiger partial charge is 0.481 e. The van der Waals surface area contributed by atoms with E-state index in [0.29, 0.717) is 32.1 Å². The summed E-state index contributed by atoms with van der Waals surface area (Å²) in [5.74, 6) is -4.24. The third-order valence-corrected chi connectivity index (χ3v) is 6.48. The number of allylic oxidation sites excluding steroid dienone is 4. The molecule has 0 radical (unpaired) electrons. The molecule has 0 saturated heterocycles. The molecule has 1 aromatic heterocycles. The molecule has 1 saturated carbocycles. The van der Waals surface area contributed by atoms with Crippen molar-refractivity contribution in [3.8, 4) is 0 Å². The molecule has 29 heavy (non-hydrogen) atoms. The van der Waals surface area contributed by atoms with Crippen LogP contribution in [0, 0.1) is 11.8 Å². The number of Topliss-reactive ketones (excluding diaryl/α,β-unsaturated/α-hetero) is 1. The van der Waals surface area contributed by atoms with E-state index in [1.165, 1.54) is 12.1 Å². The van der Waals surface area contributed by atoms with E-state index in [4.69, 9.17) is 5.11 Å². The number of rotatable bonds is 9. The Morgan fingerprint density at radius 3 is 2.83 bits per heavy atom. The Kier molecular flexibility index (Phi) is 6.96. The summed E-state index contributed by atoms with van der Waals surface area (Å²) in [6.45, 7) is 0. The first-order valence-corrected chi connectivity index (χ1v) is 10.6. The molecule has 1 aromatic carbocycles. The van der Waals surface area contributed by atoms with Gasteiger partial charge in [-0.1, -0.05) is 36.4 Å². The second-order valence-corrected chi connectivity index (χ2v) is 8.48. The van der Waals surface area contributed by atoms with Crippen LogP contribution in [0.3, 0.4) is 0 Å². The van der Waals surface area contributed by atoms with Gasteiger partial charge in [-0.15, -0.1) is 11.3 Å². The number of aliphatic carboxylic acids is 1. The maximum atomic E-state index is 14.7. The number of hydrogen-bond donors (Lipinski definition) is 1. The normalized spacial score (nSPS) is 20.4. The van der Waals surface area contributed by atoms with Gasteiger partial charge in [0.15, 0.2) is 0 Å². The van der Waals surface area contributed by atoms with Crippen LogP contribution >= 0.6 is 11.3 Å². The summed E-state index contributed by atoms with van der Waals surface area (Å²) in [6.07, 6.45) is 9.04. The highest BCUT2D eigenvalue weighted by molar-refractivity contribution is 7.19. The Morgan fingerprint density at radius 2 is 2.07 bits per heavy atom. The van der Waals surface area contributed by atoms with E-state index in [1.807, 2.05) is 36.4 Å².